The van der Waals surface area contributed by atoms with Gasteiger partial charge in [-0.2, -0.15) is 0 Å². The lowest BCUT2D eigenvalue weighted by atomic mass is 9.93. The Morgan fingerprint density at radius 3 is 2.54 bits per heavy atom. The van der Waals surface area contributed by atoms with Crippen molar-refractivity contribution in [2.24, 2.45) is 11.8 Å². The van der Waals surface area contributed by atoms with Crippen molar-refractivity contribution in [3.63, 3.8) is 0 Å². The highest BCUT2D eigenvalue weighted by atomic mass is 16.2. The summed E-state index contributed by atoms with van der Waals surface area (Å²) < 4.78 is 0. The molecule has 0 saturated carbocycles. The first kappa shape index (κ1) is 19.2. The maximum absolute atomic E-state index is 12.2. The van der Waals surface area contributed by atoms with E-state index in [4.69, 9.17) is 0 Å². The van der Waals surface area contributed by atoms with Crippen LogP contribution in [-0.2, 0) is 4.79 Å². The zero-order valence-corrected chi connectivity index (χ0v) is 15.5. The monoisotopic (exact) mass is 338 g/mol. The van der Waals surface area contributed by atoms with E-state index in [0.717, 1.165) is 32.0 Å². The van der Waals surface area contributed by atoms with Crippen LogP contribution in [0.1, 0.15) is 46.5 Å². The standard InChI is InChI=1S/C18H34N4O2/c1-4-19-18(24)20-17(23)15(3)22-9-5-6-16(13-22)12-21-10-7-14(2)8-11-21/h14-16H,4-13H2,1-3H3,(H2,19,20,23,24)/t15-,16+/m0/s1. The Morgan fingerprint density at radius 1 is 1.17 bits per heavy atom. The molecule has 0 aliphatic carbocycles. The maximum Gasteiger partial charge on any atom is 0.321 e. The molecule has 138 valence electrons. The number of imide groups is 1. The van der Waals surface area contributed by atoms with Gasteiger partial charge < -0.3 is 10.2 Å². The molecule has 3 amide bonds. The number of carbonyl (C=O) groups excluding carboxylic acids is 2. The van der Waals surface area contributed by atoms with Gasteiger partial charge in [-0.05, 0) is 71.0 Å². The molecule has 0 bridgehead atoms. The van der Waals surface area contributed by atoms with Crippen LogP contribution in [0.15, 0.2) is 0 Å². The van der Waals surface area contributed by atoms with Crippen LogP contribution in [0.3, 0.4) is 0 Å². The van der Waals surface area contributed by atoms with Crippen LogP contribution in [0.25, 0.3) is 0 Å². The van der Waals surface area contributed by atoms with Crippen molar-refractivity contribution in [2.75, 3.05) is 39.3 Å². The number of amides is 3. The molecule has 0 spiro atoms. The summed E-state index contributed by atoms with van der Waals surface area (Å²) in [5, 5.41) is 5.04. The molecule has 2 rings (SSSR count). The van der Waals surface area contributed by atoms with E-state index >= 15 is 0 Å². The van der Waals surface area contributed by atoms with Crippen LogP contribution in [0.4, 0.5) is 4.79 Å². The molecule has 2 aliphatic rings. The van der Waals surface area contributed by atoms with E-state index in [0.29, 0.717) is 12.5 Å². The Labute approximate surface area is 146 Å². The molecule has 6 heteroatoms. The molecule has 2 aliphatic heterocycles. The molecule has 2 N–H and O–H groups in total. The van der Waals surface area contributed by atoms with Gasteiger partial charge in [0, 0.05) is 19.6 Å². The molecule has 2 fully saturated rings. The van der Waals surface area contributed by atoms with Crippen LogP contribution in [0, 0.1) is 11.8 Å². The molecule has 2 heterocycles. The highest BCUT2D eigenvalue weighted by Gasteiger charge is 2.29. The summed E-state index contributed by atoms with van der Waals surface area (Å²) in [7, 11) is 0. The number of carbonyl (C=O) groups is 2. The first-order chi connectivity index (χ1) is 11.5. The normalized spacial score (nSPS) is 25.2. The lowest BCUT2D eigenvalue weighted by Gasteiger charge is -2.39. The third kappa shape index (κ3) is 5.74. The van der Waals surface area contributed by atoms with Crippen LogP contribution in [-0.4, -0.2) is 67.0 Å². The summed E-state index contributed by atoms with van der Waals surface area (Å²) in [6, 6.07) is -0.651. The number of nitrogens with zero attached hydrogens (tertiary/aromatic N) is 2. The molecular formula is C18H34N4O2. The number of rotatable bonds is 5. The smallest absolute Gasteiger partial charge is 0.321 e. The third-order valence-electron chi connectivity index (χ3n) is 5.44. The van der Waals surface area contributed by atoms with E-state index in [1.807, 2.05) is 13.8 Å². The second kappa shape index (κ2) is 9.37. The molecule has 2 saturated heterocycles. The predicted molar refractivity (Wildman–Crippen MR) is 95.8 cm³/mol. The van der Waals surface area contributed by atoms with Crippen molar-refractivity contribution in [3.8, 4) is 0 Å². The van der Waals surface area contributed by atoms with Crippen molar-refractivity contribution in [2.45, 2.75) is 52.5 Å². The van der Waals surface area contributed by atoms with E-state index in [1.54, 1.807) is 0 Å². The highest BCUT2D eigenvalue weighted by molar-refractivity contribution is 5.96. The Kier molecular flexibility index (Phi) is 7.49. The number of likely N-dealkylation sites (tertiary alicyclic amines) is 2. The Bertz CT molecular complexity index is 421. The molecule has 0 aromatic carbocycles. The van der Waals surface area contributed by atoms with E-state index in [2.05, 4.69) is 27.4 Å². The number of hydrogen-bond donors (Lipinski definition) is 2. The van der Waals surface area contributed by atoms with Gasteiger partial charge in [-0.25, -0.2) is 4.79 Å². The van der Waals surface area contributed by atoms with Gasteiger partial charge in [0.15, 0.2) is 0 Å². The van der Waals surface area contributed by atoms with Gasteiger partial charge in [-0.15, -0.1) is 0 Å². The van der Waals surface area contributed by atoms with Crippen molar-refractivity contribution >= 4 is 11.9 Å². The summed E-state index contributed by atoms with van der Waals surface area (Å²) >= 11 is 0. The van der Waals surface area contributed by atoms with Gasteiger partial charge in [-0.1, -0.05) is 6.92 Å². The Morgan fingerprint density at radius 2 is 1.88 bits per heavy atom. The van der Waals surface area contributed by atoms with Gasteiger partial charge in [-0.3, -0.25) is 15.0 Å². The highest BCUT2D eigenvalue weighted by Crippen LogP contribution is 2.22. The average molecular weight is 338 g/mol. The summed E-state index contributed by atoms with van der Waals surface area (Å²) in [5.74, 6) is 1.29. The number of hydrogen-bond acceptors (Lipinski definition) is 4. The van der Waals surface area contributed by atoms with Crippen molar-refractivity contribution in [1.82, 2.24) is 20.4 Å². The first-order valence-corrected chi connectivity index (χ1v) is 9.54. The van der Waals surface area contributed by atoms with Gasteiger partial charge in [0.25, 0.3) is 0 Å². The average Bonchev–Trinajstić information content (AvgIpc) is 2.56. The third-order valence-corrected chi connectivity index (χ3v) is 5.44. The second-order valence-corrected chi connectivity index (χ2v) is 7.51. The SMILES string of the molecule is CCNC(=O)NC(=O)[C@H](C)N1CCC[C@H](CN2CCC(C)CC2)C1. The van der Waals surface area contributed by atoms with Crippen LogP contribution in [0.5, 0.6) is 0 Å². The van der Waals surface area contributed by atoms with E-state index < -0.39 is 6.03 Å². The van der Waals surface area contributed by atoms with Crippen molar-refractivity contribution in [3.05, 3.63) is 0 Å². The van der Waals surface area contributed by atoms with Crippen molar-refractivity contribution in [1.29, 1.82) is 0 Å². The minimum atomic E-state index is -0.398. The Balaban J connectivity index is 1.79. The van der Waals surface area contributed by atoms with Crippen LogP contribution < -0.4 is 10.6 Å². The van der Waals surface area contributed by atoms with Crippen LogP contribution >= 0.6 is 0 Å². The summed E-state index contributed by atoms with van der Waals surface area (Å²) in [4.78, 5) is 28.6. The molecular weight excluding hydrogens is 304 g/mol. The fourth-order valence-corrected chi connectivity index (χ4v) is 3.79. The lowest BCUT2D eigenvalue weighted by molar-refractivity contribution is -0.125. The fourth-order valence-electron chi connectivity index (χ4n) is 3.79. The molecule has 0 unspecified atom stereocenters. The number of piperidine rings is 2. The second-order valence-electron chi connectivity index (χ2n) is 7.51. The van der Waals surface area contributed by atoms with Crippen LogP contribution in [0.2, 0.25) is 0 Å². The zero-order valence-electron chi connectivity index (χ0n) is 15.5. The molecule has 0 aromatic heterocycles. The Hall–Kier alpha value is -1.14. The zero-order chi connectivity index (χ0) is 17.5. The fraction of sp³-hybridized carbons (Fsp3) is 0.889. The largest absolute Gasteiger partial charge is 0.338 e. The van der Waals surface area contributed by atoms with E-state index in [9.17, 15) is 9.59 Å². The van der Waals surface area contributed by atoms with Gasteiger partial charge in [0.1, 0.15) is 0 Å². The predicted octanol–water partition coefficient (Wildman–Crippen LogP) is 1.66. The summed E-state index contributed by atoms with van der Waals surface area (Å²) in [5.41, 5.74) is 0. The molecule has 2 atom stereocenters. The molecule has 0 aromatic rings. The topological polar surface area (TPSA) is 64.7 Å². The number of urea groups is 1. The summed E-state index contributed by atoms with van der Waals surface area (Å²) in [6.07, 6.45) is 4.99. The quantitative estimate of drug-likeness (QED) is 0.800. The van der Waals surface area contributed by atoms with Crippen molar-refractivity contribution < 1.29 is 9.59 Å². The van der Waals surface area contributed by atoms with Gasteiger partial charge in [0.05, 0.1) is 6.04 Å². The first-order valence-electron chi connectivity index (χ1n) is 9.54. The molecule has 0 radical (unpaired) electrons. The molecule has 24 heavy (non-hydrogen) atoms. The minimum absolute atomic E-state index is 0.201. The maximum atomic E-state index is 12.2. The van der Waals surface area contributed by atoms with E-state index in [1.165, 1.54) is 32.4 Å². The van der Waals surface area contributed by atoms with Gasteiger partial charge >= 0.3 is 6.03 Å². The lowest BCUT2D eigenvalue weighted by Crippen LogP contribution is -2.53. The van der Waals surface area contributed by atoms with E-state index in [-0.39, 0.29) is 11.9 Å². The number of nitrogens with one attached hydrogen (secondary N) is 2. The van der Waals surface area contributed by atoms with Gasteiger partial charge in [0.2, 0.25) is 5.91 Å². The summed E-state index contributed by atoms with van der Waals surface area (Å²) in [6.45, 7) is 12.1. The molecule has 6 nitrogen and oxygen atoms in total. The minimum Gasteiger partial charge on any atom is -0.338 e.